The Morgan fingerprint density at radius 1 is 1.44 bits per heavy atom. The Labute approximate surface area is 112 Å². The number of aliphatic hydroxyl groups is 2. The van der Waals surface area contributed by atoms with E-state index in [1.54, 1.807) is 18.9 Å². The fourth-order valence-electron chi connectivity index (χ4n) is 1.40. The lowest BCUT2D eigenvalue weighted by Crippen LogP contribution is -2.18. The summed E-state index contributed by atoms with van der Waals surface area (Å²) in [4.78, 5) is 1.11. The van der Waals surface area contributed by atoms with Crippen LogP contribution in [0.3, 0.4) is 0 Å². The van der Waals surface area contributed by atoms with Crippen LogP contribution >= 0.6 is 11.8 Å². The molecular formula is C13H21NO3S. The summed E-state index contributed by atoms with van der Waals surface area (Å²) in [5, 5.41) is 21.3. The van der Waals surface area contributed by atoms with Crippen LogP contribution in [-0.4, -0.2) is 48.9 Å². The van der Waals surface area contributed by atoms with Crippen molar-refractivity contribution in [2.75, 3.05) is 32.6 Å². The fraction of sp³-hybridized carbons (Fsp3) is 0.538. The lowest BCUT2D eigenvalue weighted by molar-refractivity contribution is 0.113. The predicted molar refractivity (Wildman–Crippen MR) is 73.8 cm³/mol. The van der Waals surface area contributed by atoms with E-state index in [1.165, 1.54) is 5.56 Å². The van der Waals surface area contributed by atoms with Crippen LogP contribution in [0.2, 0.25) is 0 Å². The SMILES string of the molecule is COCCNCc1cccc(SCC(O)CO)c1. The molecule has 5 heteroatoms. The zero-order chi connectivity index (χ0) is 13.2. The van der Waals surface area contributed by atoms with Crippen molar-refractivity contribution in [3.63, 3.8) is 0 Å². The topological polar surface area (TPSA) is 61.7 Å². The number of aliphatic hydroxyl groups excluding tert-OH is 2. The molecule has 3 N–H and O–H groups in total. The maximum atomic E-state index is 9.29. The molecule has 0 spiro atoms. The maximum Gasteiger partial charge on any atom is 0.0864 e. The Bertz CT molecular complexity index is 336. The molecule has 18 heavy (non-hydrogen) atoms. The molecular weight excluding hydrogens is 250 g/mol. The Morgan fingerprint density at radius 2 is 2.28 bits per heavy atom. The van der Waals surface area contributed by atoms with Gasteiger partial charge in [0.05, 0.1) is 19.3 Å². The van der Waals surface area contributed by atoms with Crippen molar-refractivity contribution in [3.8, 4) is 0 Å². The van der Waals surface area contributed by atoms with E-state index in [1.807, 2.05) is 12.1 Å². The van der Waals surface area contributed by atoms with Gasteiger partial charge in [-0.15, -0.1) is 11.8 Å². The van der Waals surface area contributed by atoms with Crippen LogP contribution in [0.1, 0.15) is 5.56 Å². The van der Waals surface area contributed by atoms with E-state index < -0.39 is 6.10 Å². The Balaban J connectivity index is 2.36. The van der Waals surface area contributed by atoms with Crippen LogP contribution in [0.5, 0.6) is 0 Å². The number of hydrogen-bond donors (Lipinski definition) is 3. The third-order valence-electron chi connectivity index (χ3n) is 2.36. The molecule has 0 bridgehead atoms. The number of rotatable bonds is 9. The van der Waals surface area contributed by atoms with Gasteiger partial charge in [0, 0.05) is 30.8 Å². The number of thioether (sulfide) groups is 1. The first kappa shape index (κ1) is 15.5. The molecule has 0 aliphatic rings. The van der Waals surface area contributed by atoms with Crippen LogP contribution in [0, 0.1) is 0 Å². The zero-order valence-corrected chi connectivity index (χ0v) is 11.4. The van der Waals surface area contributed by atoms with Gasteiger partial charge >= 0.3 is 0 Å². The molecule has 1 aromatic carbocycles. The van der Waals surface area contributed by atoms with Crippen LogP contribution < -0.4 is 5.32 Å². The predicted octanol–water partition coefficient (Wildman–Crippen LogP) is 0.868. The van der Waals surface area contributed by atoms with Crippen molar-refractivity contribution >= 4 is 11.8 Å². The van der Waals surface area contributed by atoms with E-state index >= 15 is 0 Å². The van der Waals surface area contributed by atoms with E-state index in [2.05, 4.69) is 17.4 Å². The molecule has 0 amide bonds. The fourth-order valence-corrected chi connectivity index (χ4v) is 2.30. The summed E-state index contributed by atoms with van der Waals surface area (Å²) in [5.74, 6) is 0.511. The van der Waals surface area contributed by atoms with Crippen molar-refractivity contribution in [2.45, 2.75) is 17.5 Å². The Morgan fingerprint density at radius 3 is 3.00 bits per heavy atom. The second kappa shape index (κ2) is 9.35. The van der Waals surface area contributed by atoms with Gasteiger partial charge in [-0.25, -0.2) is 0 Å². The van der Waals surface area contributed by atoms with Crippen LogP contribution in [-0.2, 0) is 11.3 Å². The average molecular weight is 271 g/mol. The van der Waals surface area contributed by atoms with E-state index in [9.17, 15) is 5.11 Å². The van der Waals surface area contributed by atoms with Crippen molar-refractivity contribution in [3.05, 3.63) is 29.8 Å². The largest absolute Gasteiger partial charge is 0.394 e. The second-order valence-corrected chi connectivity index (χ2v) is 5.06. The van der Waals surface area contributed by atoms with E-state index in [4.69, 9.17) is 9.84 Å². The molecule has 1 atom stereocenters. The molecule has 102 valence electrons. The molecule has 0 aliphatic heterocycles. The number of nitrogens with one attached hydrogen (secondary N) is 1. The Kier molecular flexibility index (Phi) is 8.04. The highest BCUT2D eigenvalue weighted by molar-refractivity contribution is 7.99. The molecule has 1 unspecified atom stereocenters. The smallest absolute Gasteiger partial charge is 0.0864 e. The molecule has 0 saturated heterocycles. The maximum absolute atomic E-state index is 9.29. The van der Waals surface area contributed by atoms with Gasteiger partial charge in [0.15, 0.2) is 0 Å². The number of benzene rings is 1. The van der Waals surface area contributed by atoms with Crippen molar-refractivity contribution in [1.82, 2.24) is 5.32 Å². The van der Waals surface area contributed by atoms with Gasteiger partial charge in [0.1, 0.15) is 0 Å². The molecule has 0 radical (unpaired) electrons. The molecule has 0 saturated carbocycles. The second-order valence-electron chi connectivity index (χ2n) is 3.96. The molecule has 1 rings (SSSR count). The van der Waals surface area contributed by atoms with Crippen molar-refractivity contribution < 1.29 is 14.9 Å². The van der Waals surface area contributed by atoms with Gasteiger partial charge in [-0.2, -0.15) is 0 Å². The lowest BCUT2D eigenvalue weighted by atomic mass is 10.2. The normalized spacial score (nSPS) is 12.6. The summed E-state index contributed by atoms with van der Waals surface area (Å²) >= 11 is 1.55. The minimum atomic E-state index is -0.654. The molecule has 0 heterocycles. The summed E-state index contributed by atoms with van der Waals surface area (Å²) in [6.07, 6.45) is -0.654. The standard InChI is InChI=1S/C13H21NO3S/c1-17-6-5-14-8-11-3-2-4-13(7-11)18-10-12(16)9-15/h2-4,7,12,14-16H,5-6,8-10H2,1H3. The molecule has 0 fully saturated rings. The quantitative estimate of drug-likeness (QED) is 0.459. The monoisotopic (exact) mass is 271 g/mol. The number of methoxy groups -OCH3 is 1. The summed E-state index contributed by atoms with van der Waals surface area (Å²) < 4.78 is 4.96. The van der Waals surface area contributed by atoms with Gasteiger partial charge < -0.3 is 20.3 Å². The van der Waals surface area contributed by atoms with Gasteiger partial charge in [0.25, 0.3) is 0 Å². The van der Waals surface area contributed by atoms with Gasteiger partial charge in [-0.05, 0) is 17.7 Å². The van der Waals surface area contributed by atoms with E-state index in [0.29, 0.717) is 12.4 Å². The summed E-state index contributed by atoms with van der Waals surface area (Å²) in [6.45, 7) is 2.15. The van der Waals surface area contributed by atoms with E-state index in [0.717, 1.165) is 18.0 Å². The van der Waals surface area contributed by atoms with Crippen LogP contribution in [0.25, 0.3) is 0 Å². The first-order valence-corrected chi connectivity index (χ1v) is 6.95. The van der Waals surface area contributed by atoms with Gasteiger partial charge in [-0.3, -0.25) is 0 Å². The van der Waals surface area contributed by atoms with Crippen LogP contribution in [0.15, 0.2) is 29.2 Å². The number of hydrogen-bond acceptors (Lipinski definition) is 5. The highest BCUT2D eigenvalue weighted by Crippen LogP contribution is 2.19. The number of ether oxygens (including phenoxy) is 1. The third kappa shape index (κ3) is 6.37. The Hall–Kier alpha value is -0.590. The lowest BCUT2D eigenvalue weighted by Gasteiger charge is -2.08. The zero-order valence-electron chi connectivity index (χ0n) is 10.6. The molecule has 0 aliphatic carbocycles. The summed E-state index contributed by atoms with van der Waals surface area (Å²) in [6, 6.07) is 8.16. The van der Waals surface area contributed by atoms with Gasteiger partial charge in [-0.1, -0.05) is 12.1 Å². The van der Waals surface area contributed by atoms with Crippen LogP contribution in [0.4, 0.5) is 0 Å². The average Bonchev–Trinajstić information content (AvgIpc) is 2.41. The highest BCUT2D eigenvalue weighted by atomic mass is 32.2. The highest BCUT2D eigenvalue weighted by Gasteiger charge is 2.03. The van der Waals surface area contributed by atoms with Gasteiger partial charge in [0.2, 0.25) is 0 Å². The minimum Gasteiger partial charge on any atom is -0.394 e. The summed E-state index contributed by atoms with van der Waals surface area (Å²) in [5.41, 5.74) is 1.20. The minimum absolute atomic E-state index is 0.189. The van der Waals surface area contributed by atoms with Crippen molar-refractivity contribution in [2.24, 2.45) is 0 Å². The molecule has 0 aromatic heterocycles. The molecule has 1 aromatic rings. The third-order valence-corrected chi connectivity index (χ3v) is 3.50. The first-order chi connectivity index (χ1) is 8.76. The van der Waals surface area contributed by atoms with E-state index in [-0.39, 0.29) is 6.61 Å². The first-order valence-electron chi connectivity index (χ1n) is 5.96. The molecule has 4 nitrogen and oxygen atoms in total. The van der Waals surface area contributed by atoms with Crippen molar-refractivity contribution in [1.29, 1.82) is 0 Å². The summed E-state index contributed by atoms with van der Waals surface area (Å²) in [7, 11) is 1.69.